The summed E-state index contributed by atoms with van der Waals surface area (Å²) in [5, 5.41) is 0. The number of anilines is 1. The zero-order valence-electron chi connectivity index (χ0n) is 8.91. The van der Waals surface area contributed by atoms with Gasteiger partial charge < -0.3 is 10.6 Å². The smallest absolute Gasteiger partial charge is 0.142 e. The van der Waals surface area contributed by atoms with Crippen LogP contribution in [0.25, 0.3) is 0 Å². The van der Waals surface area contributed by atoms with Gasteiger partial charge in [0.2, 0.25) is 0 Å². The minimum atomic E-state index is 0.00567. The molecule has 0 amide bonds. The fourth-order valence-corrected chi connectivity index (χ4v) is 2.64. The van der Waals surface area contributed by atoms with Crippen LogP contribution in [0.4, 0.5) is 5.82 Å². The first-order chi connectivity index (χ1) is 7.14. The first-order valence-electron chi connectivity index (χ1n) is 5.29. The summed E-state index contributed by atoms with van der Waals surface area (Å²) in [6, 6.07) is 3.94. The largest absolute Gasteiger partial charge is 0.352 e. The van der Waals surface area contributed by atoms with Crippen LogP contribution in [0.5, 0.6) is 0 Å². The van der Waals surface area contributed by atoms with E-state index in [4.69, 9.17) is 5.73 Å². The number of nitrogens with two attached hydrogens (primary N) is 1. The molecule has 1 aromatic heterocycles. The van der Waals surface area contributed by atoms with E-state index >= 15 is 0 Å². The molecule has 3 nitrogen and oxygen atoms in total. The van der Waals surface area contributed by atoms with E-state index in [2.05, 4.69) is 32.7 Å². The third-order valence-corrected chi connectivity index (χ3v) is 3.42. The minimum absolute atomic E-state index is 0.00567. The van der Waals surface area contributed by atoms with Gasteiger partial charge in [-0.2, -0.15) is 0 Å². The Labute approximate surface area is 98.8 Å². The van der Waals surface area contributed by atoms with E-state index in [0.29, 0.717) is 0 Å². The normalized spacial score (nSPS) is 18.7. The highest BCUT2D eigenvalue weighted by Gasteiger charge is 2.39. The maximum absolute atomic E-state index is 6.21. The predicted molar refractivity (Wildman–Crippen MR) is 66.0 cm³/mol. The molecule has 0 atom stereocenters. The van der Waals surface area contributed by atoms with Crippen LogP contribution in [0.15, 0.2) is 22.8 Å². The molecule has 4 heteroatoms. The van der Waals surface area contributed by atoms with Crippen LogP contribution in [0.3, 0.4) is 0 Å². The molecule has 0 bridgehead atoms. The third kappa shape index (κ3) is 2.16. The molecule has 15 heavy (non-hydrogen) atoms. The van der Waals surface area contributed by atoms with Crippen molar-refractivity contribution in [1.29, 1.82) is 0 Å². The second-order valence-corrected chi connectivity index (χ2v) is 5.13. The lowest BCUT2D eigenvalue weighted by Gasteiger charge is -2.48. The Balaban J connectivity index is 2.03. The van der Waals surface area contributed by atoms with Crippen molar-refractivity contribution in [2.24, 2.45) is 5.73 Å². The molecule has 2 N–H and O–H groups in total. The SMILES string of the molecule is CCCC1(N)CN(c2ncccc2Br)C1. The summed E-state index contributed by atoms with van der Waals surface area (Å²) >= 11 is 3.50. The molecular weight excluding hydrogens is 254 g/mol. The van der Waals surface area contributed by atoms with E-state index in [1.165, 1.54) is 0 Å². The van der Waals surface area contributed by atoms with Gasteiger partial charge in [0, 0.05) is 19.3 Å². The first-order valence-corrected chi connectivity index (χ1v) is 6.08. The van der Waals surface area contributed by atoms with Crippen molar-refractivity contribution < 1.29 is 0 Å². The maximum Gasteiger partial charge on any atom is 0.142 e. The van der Waals surface area contributed by atoms with Crippen molar-refractivity contribution in [1.82, 2.24) is 4.98 Å². The highest BCUT2D eigenvalue weighted by molar-refractivity contribution is 9.10. The van der Waals surface area contributed by atoms with Crippen LogP contribution in [0.2, 0.25) is 0 Å². The van der Waals surface area contributed by atoms with Gasteiger partial charge in [-0.05, 0) is 34.5 Å². The van der Waals surface area contributed by atoms with Gasteiger partial charge in [0.15, 0.2) is 0 Å². The third-order valence-electron chi connectivity index (χ3n) is 2.80. The lowest BCUT2D eigenvalue weighted by Crippen LogP contribution is -2.67. The van der Waals surface area contributed by atoms with Crippen LogP contribution >= 0.6 is 15.9 Å². The number of aromatic nitrogens is 1. The molecule has 0 saturated carbocycles. The zero-order chi connectivity index (χ0) is 10.9. The number of hydrogen-bond donors (Lipinski definition) is 1. The summed E-state index contributed by atoms with van der Waals surface area (Å²) in [6.45, 7) is 4.00. The van der Waals surface area contributed by atoms with E-state index < -0.39 is 0 Å². The van der Waals surface area contributed by atoms with Crippen molar-refractivity contribution in [3.8, 4) is 0 Å². The molecule has 0 aromatic carbocycles. The summed E-state index contributed by atoms with van der Waals surface area (Å²) in [4.78, 5) is 6.57. The molecule has 0 aliphatic carbocycles. The molecule has 1 aliphatic rings. The molecule has 2 heterocycles. The second-order valence-electron chi connectivity index (χ2n) is 4.28. The minimum Gasteiger partial charge on any atom is -0.352 e. The van der Waals surface area contributed by atoms with Crippen LogP contribution in [0.1, 0.15) is 19.8 Å². The van der Waals surface area contributed by atoms with Gasteiger partial charge in [-0.3, -0.25) is 0 Å². The van der Waals surface area contributed by atoms with Crippen molar-refractivity contribution in [2.75, 3.05) is 18.0 Å². The van der Waals surface area contributed by atoms with Crippen molar-refractivity contribution in [2.45, 2.75) is 25.3 Å². The lowest BCUT2D eigenvalue weighted by molar-refractivity contribution is 0.305. The van der Waals surface area contributed by atoms with Gasteiger partial charge >= 0.3 is 0 Å². The molecule has 82 valence electrons. The van der Waals surface area contributed by atoms with E-state index in [1.807, 2.05) is 18.3 Å². The number of halogens is 1. The monoisotopic (exact) mass is 269 g/mol. The summed E-state index contributed by atoms with van der Waals surface area (Å²) < 4.78 is 1.04. The van der Waals surface area contributed by atoms with E-state index in [9.17, 15) is 0 Å². The van der Waals surface area contributed by atoms with Crippen LogP contribution in [0, 0.1) is 0 Å². The molecule has 1 aliphatic heterocycles. The molecule has 0 unspecified atom stereocenters. The average molecular weight is 270 g/mol. The van der Waals surface area contributed by atoms with E-state index in [1.54, 1.807) is 0 Å². The van der Waals surface area contributed by atoms with E-state index in [-0.39, 0.29) is 5.54 Å². The summed E-state index contributed by atoms with van der Waals surface area (Å²) in [6.07, 6.45) is 4.05. The average Bonchev–Trinajstić information content (AvgIpc) is 2.15. The quantitative estimate of drug-likeness (QED) is 0.915. The molecule has 2 rings (SSSR count). The molecule has 1 saturated heterocycles. The Kier molecular flexibility index (Phi) is 2.98. The zero-order valence-corrected chi connectivity index (χ0v) is 10.5. The molecule has 0 radical (unpaired) electrons. The Bertz CT molecular complexity index is 347. The lowest BCUT2D eigenvalue weighted by atomic mass is 9.86. The number of nitrogens with zero attached hydrogens (tertiary/aromatic N) is 2. The van der Waals surface area contributed by atoms with Gasteiger partial charge in [-0.1, -0.05) is 13.3 Å². The standard InChI is InChI=1S/C11H16BrN3/c1-2-5-11(13)7-15(8-11)10-9(12)4-3-6-14-10/h3-4,6H,2,5,7-8,13H2,1H3. The number of hydrogen-bond acceptors (Lipinski definition) is 3. The molecule has 1 aromatic rings. The summed E-state index contributed by atoms with van der Waals surface area (Å²) in [5.74, 6) is 1.01. The van der Waals surface area contributed by atoms with Gasteiger partial charge in [0.1, 0.15) is 5.82 Å². The molecule has 0 spiro atoms. The van der Waals surface area contributed by atoms with Gasteiger partial charge in [0.25, 0.3) is 0 Å². The van der Waals surface area contributed by atoms with Crippen molar-refractivity contribution in [3.63, 3.8) is 0 Å². The topological polar surface area (TPSA) is 42.1 Å². The number of rotatable bonds is 3. The summed E-state index contributed by atoms with van der Waals surface area (Å²) in [5.41, 5.74) is 6.21. The van der Waals surface area contributed by atoms with Gasteiger partial charge in [0.05, 0.1) is 10.0 Å². The fourth-order valence-electron chi connectivity index (χ4n) is 2.13. The molecular formula is C11H16BrN3. The van der Waals surface area contributed by atoms with Crippen molar-refractivity contribution >= 4 is 21.7 Å². The Morgan fingerprint density at radius 2 is 2.33 bits per heavy atom. The Morgan fingerprint density at radius 3 is 2.93 bits per heavy atom. The van der Waals surface area contributed by atoms with E-state index in [0.717, 1.165) is 36.2 Å². The van der Waals surface area contributed by atoms with Crippen LogP contribution < -0.4 is 10.6 Å². The van der Waals surface area contributed by atoms with Crippen molar-refractivity contribution in [3.05, 3.63) is 22.8 Å². The maximum atomic E-state index is 6.21. The Hall–Kier alpha value is -0.610. The van der Waals surface area contributed by atoms with Gasteiger partial charge in [-0.25, -0.2) is 4.98 Å². The highest BCUT2D eigenvalue weighted by atomic mass is 79.9. The second kappa shape index (κ2) is 4.10. The summed E-state index contributed by atoms with van der Waals surface area (Å²) in [7, 11) is 0. The Morgan fingerprint density at radius 1 is 1.60 bits per heavy atom. The van der Waals surface area contributed by atoms with Gasteiger partial charge in [-0.15, -0.1) is 0 Å². The molecule has 1 fully saturated rings. The first kappa shape index (κ1) is 10.9. The fraction of sp³-hybridized carbons (Fsp3) is 0.545. The predicted octanol–water partition coefficient (Wildman–Crippen LogP) is 2.16. The highest BCUT2D eigenvalue weighted by Crippen LogP contribution is 2.32. The number of pyridine rings is 1. The van der Waals surface area contributed by atoms with Crippen LogP contribution in [-0.4, -0.2) is 23.6 Å². The van der Waals surface area contributed by atoms with Crippen LogP contribution in [-0.2, 0) is 0 Å².